The summed E-state index contributed by atoms with van der Waals surface area (Å²) in [5.74, 6) is -0.527. The van der Waals surface area contributed by atoms with Crippen molar-refractivity contribution in [3.05, 3.63) is 23.7 Å². The van der Waals surface area contributed by atoms with Crippen LogP contribution < -0.4 is 10.6 Å². The van der Waals surface area contributed by atoms with Crippen molar-refractivity contribution in [1.82, 2.24) is 10.6 Å². The minimum absolute atomic E-state index is 0.139. The van der Waals surface area contributed by atoms with Gasteiger partial charge >= 0.3 is 5.97 Å². The van der Waals surface area contributed by atoms with Crippen LogP contribution in [0, 0.1) is 0 Å². The van der Waals surface area contributed by atoms with E-state index in [-0.39, 0.29) is 18.2 Å². The molecule has 0 atom stereocenters. The average Bonchev–Trinajstić information content (AvgIpc) is 2.86. The number of amides is 1. The Morgan fingerprint density at radius 1 is 1.37 bits per heavy atom. The number of ether oxygens (including phenoxy) is 2. The van der Waals surface area contributed by atoms with E-state index < -0.39 is 5.97 Å². The summed E-state index contributed by atoms with van der Waals surface area (Å²) in [4.78, 5) is 22.7. The number of rotatable bonds is 8. The van der Waals surface area contributed by atoms with Crippen LogP contribution in [-0.4, -0.2) is 45.8 Å². The lowest BCUT2D eigenvalue weighted by Crippen LogP contribution is -2.35. The molecule has 0 radical (unpaired) electrons. The van der Waals surface area contributed by atoms with Crippen molar-refractivity contribution in [2.75, 3.05) is 33.9 Å². The molecule has 7 nitrogen and oxygen atoms in total. The Labute approximate surface area is 111 Å². The fourth-order valence-electron chi connectivity index (χ4n) is 1.41. The second-order valence-corrected chi connectivity index (χ2v) is 3.71. The number of esters is 1. The Kier molecular flexibility index (Phi) is 6.62. The van der Waals surface area contributed by atoms with Crippen LogP contribution in [0.2, 0.25) is 0 Å². The zero-order valence-corrected chi connectivity index (χ0v) is 11.0. The molecule has 7 heteroatoms. The smallest absolute Gasteiger partial charge is 0.374 e. The van der Waals surface area contributed by atoms with Gasteiger partial charge in [0, 0.05) is 25.8 Å². The van der Waals surface area contributed by atoms with Gasteiger partial charge in [-0.05, 0) is 6.07 Å². The van der Waals surface area contributed by atoms with Crippen LogP contribution >= 0.6 is 0 Å². The van der Waals surface area contributed by atoms with Crippen molar-refractivity contribution in [3.8, 4) is 0 Å². The van der Waals surface area contributed by atoms with Gasteiger partial charge < -0.3 is 24.5 Å². The topological polar surface area (TPSA) is 89.8 Å². The van der Waals surface area contributed by atoms with Gasteiger partial charge in [-0.25, -0.2) is 4.79 Å². The predicted octanol–water partition coefficient (Wildman–Crippen LogP) is -0.0816. The SMILES string of the molecule is COCCNC(=O)CNCc1ccoc1C(=O)OC. The molecule has 0 aliphatic carbocycles. The van der Waals surface area contributed by atoms with Gasteiger partial charge in [0.1, 0.15) is 0 Å². The summed E-state index contributed by atoms with van der Waals surface area (Å²) in [6.45, 7) is 1.43. The quantitative estimate of drug-likeness (QED) is 0.507. The van der Waals surface area contributed by atoms with Crippen LogP contribution in [0.3, 0.4) is 0 Å². The summed E-state index contributed by atoms with van der Waals surface area (Å²) in [5.41, 5.74) is 0.650. The molecule has 0 saturated carbocycles. The second kappa shape index (κ2) is 8.28. The molecule has 0 aliphatic heterocycles. The van der Waals surface area contributed by atoms with Gasteiger partial charge in [-0.2, -0.15) is 0 Å². The molecule has 1 aromatic rings. The fraction of sp³-hybridized carbons (Fsp3) is 0.500. The molecule has 1 heterocycles. The van der Waals surface area contributed by atoms with Gasteiger partial charge in [0.05, 0.1) is 26.5 Å². The first kappa shape index (κ1) is 15.2. The van der Waals surface area contributed by atoms with E-state index in [1.165, 1.54) is 13.4 Å². The molecule has 1 rings (SSSR count). The molecule has 1 amide bonds. The zero-order valence-electron chi connectivity index (χ0n) is 11.0. The number of furan rings is 1. The summed E-state index contributed by atoms with van der Waals surface area (Å²) in [7, 11) is 2.85. The first-order chi connectivity index (χ1) is 9.19. The van der Waals surface area contributed by atoms with Crippen LogP contribution in [-0.2, 0) is 20.8 Å². The van der Waals surface area contributed by atoms with E-state index in [0.29, 0.717) is 25.3 Å². The van der Waals surface area contributed by atoms with Gasteiger partial charge in [-0.15, -0.1) is 0 Å². The third-order valence-corrected chi connectivity index (χ3v) is 2.35. The number of carbonyl (C=O) groups excluding carboxylic acids is 2. The average molecular weight is 270 g/mol. The number of hydrogen-bond donors (Lipinski definition) is 2. The van der Waals surface area contributed by atoms with Crippen LogP contribution in [0.15, 0.2) is 16.7 Å². The summed E-state index contributed by atoms with van der Waals surface area (Å²) in [6, 6.07) is 1.65. The monoisotopic (exact) mass is 270 g/mol. The number of methoxy groups -OCH3 is 2. The van der Waals surface area contributed by atoms with Crippen LogP contribution in [0.1, 0.15) is 16.1 Å². The highest BCUT2D eigenvalue weighted by Crippen LogP contribution is 2.11. The molecule has 0 bridgehead atoms. The molecule has 106 valence electrons. The lowest BCUT2D eigenvalue weighted by Gasteiger charge is -2.06. The van der Waals surface area contributed by atoms with Crippen molar-refractivity contribution in [3.63, 3.8) is 0 Å². The summed E-state index contributed by atoms with van der Waals surface area (Å²) in [5, 5.41) is 5.58. The maximum atomic E-state index is 11.4. The molecule has 0 spiro atoms. The van der Waals surface area contributed by atoms with Crippen LogP contribution in [0.5, 0.6) is 0 Å². The third kappa shape index (κ3) is 5.11. The normalized spacial score (nSPS) is 10.2. The fourth-order valence-corrected chi connectivity index (χ4v) is 1.41. The molecular weight excluding hydrogens is 252 g/mol. The summed E-state index contributed by atoms with van der Waals surface area (Å²) in [6.07, 6.45) is 1.40. The standard InChI is InChI=1S/C12H18N2O5/c1-17-6-4-14-10(15)8-13-7-9-3-5-19-11(9)12(16)18-2/h3,5,13H,4,6-8H2,1-2H3,(H,14,15). The van der Waals surface area contributed by atoms with Gasteiger partial charge in [0.25, 0.3) is 0 Å². The van der Waals surface area contributed by atoms with E-state index in [4.69, 9.17) is 9.15 Å². The van der Waals surface area contributed by atoms with Gasteiger partial charge in [0.2, 0.25) is 11.7 Å². The Balaban J connectivity index is 2.31. The molecule has 0 aromatic carbocycles. The highest BCUT2D eigenvalue weighted by Gasteiger charge is 2.15. The first-order valence-corrected chi connectivity index (χ1v) is 5.80. The van der Waals surface area contributed by atoms with Crippen molar-refractivity contribution in [1.29, 1.82) is 0 Å². The summed E-state index contributed by atoms with van der Waals surface area (Å²) < 4.78 is 14.4. The Morgan fingerprint density at radius 2 is 2.16 bits per heavy atom. The molecule has 0 aliphatic rings. The van der Waals surface area contributed by atoms with Crippen molar-refractivity contribution >= 4 is 11.9 Å². The lowest BCUT2D eigenvalue weighted by atomic mass is 10.2. The minimum atomic E-state index is -0.536. The molecule has 19 heavy (non-hydrogen) atoms. The number of carbonyl (C=O) groups is 2. The maximum absolute atomic E-state index is 11.4. The Hall–Kier alpha value is -1.86. The summed E-state index contributed by atoms with van der Waals surface area (Å²) >= 11 is 0. The maximum Gasteiger partial charge on any atom is 0.374 e. The Bertz CT molecular complexity index is 416. The van der Waals surface area contributed by atoms with E-state index in [1.54, 1.807) is 13.2 Å². The zero-order chi connectivity index (χ0) is 14.1. The van der Waals surface area contributed by atoms with Crippen molar-refractivity contribution in [2.24, 2.45) is 0 Å². The van der Waals surface area contributed by atoms with Crippen LogP contribution in [0.4, 0.5) is 0 Å². The first-order valence-electron chi connectivity index (χ1n) is 5.80. The van der Waals surface area contributed by atoms with Gasteiger partial charge in [-0.3, -0.25) is 4.79 Å². The van der Waals surface area contributed by atoms with Gasteiger partial charge in [0.15, 0.2) is 0 Å². The molecule has 2 N–H and O–H groups in total. The predicted molar refractivity (Wildman–Crippen MR) is 66.6 cm³/mol. The van der Waals surface area contributed by atoms with Crippen molar-refractivity contribution in [2.45, 2.75) is 6.54 Å². The molecule has 0 saturated heterocycles. The van der Waals surface area contributed by atoms with Gasteiger partial charge in [-0.1, -0.05) is 0 Å². The largest absolute Gasteiger partial charge is 0.463 e. The highest BCUT2D eigenvalue weighted by molar-refractivity contribution is 5.87. The van der Waals surface area contributed by atoms with E-state index >= 15 is 0 Å². The number of hydrogen-bond acceptors (Lipinski definition) is 6. The van der Waals surface area contributed by atoms with E-state index in [9.17, 15) is 9.59 Å². The van der Waals surface area contributed by atoms with E-state index in [2.05, 4.69) is 15.4 Å². The van der Waals surface area contributed by atoms with E-state index in [0.717, 1.165) is 0 Å². The van der Waals surface area contributed by atoms with Crippen molar-refractivity contribution < 1.29 is 23.5 Å². The number of nitrogens with one attached hydrogen (secondary N) is 2. The molecule has 0 unspecified atom stereocenters. The minimum Gasteiger partial charge on any atom is -0.463 e. The highest BCUT2D eigenvalue weighted by atomic mass is 16.5. The van der Waals surface area contributed by atoms with E-state index in [1.807, 2.05) is 0 Å². The lowest BCUT2D eigenvalue weighted by molar-refractivity contribution is -0.120. The molecule has 1 aromatic heterocycles. The molecule has 0 fully saturated rings. The second-order valence-electron chi connectivity index (χ2n) is 3.71. The van der Waals surface area contributed by atoms with Crippen LogP contribution in [0.25, 0.3) is 0 Å². The molecular formula is C12H18N2O5. The Morgan fingerprint density at radius 3 is 2.84 bits per heavy atom. The third-order valence-electron chi connectivity index (χ3n) is 2.35.